The largest absolute Gasteiger partial charge is 0.480 e. The van der Waals surface area contributed by atoms with Crippen molar-refractivity contribution in [3.05, 3.63) is 28.5 Å². The maximum Gasteiger partial charge on any atom is 0.323 e. The van der Waals surface area contributed by atoms with Gasteiger partial charge in [0.05, 0.1) is 16.3 Å². The van der Waals surface area contributed by atoms with E-state index in [0.29, 0.717) is 4.90 Å². The highest BCUT2D eigenvalue weighted by atomic mass is 35.5. The minimum Gasteiger partial charge on any atom is -0.480 e. The van der Waals surface area contributed by atoms with E-state index in [1.54, 1.807) is 0 Å². The monoisotopic (exact) mass is 257 g/mol. The van der Waals surface area contributed by atoms with Gasteiger partial charge in [-0.3, -0.25) is 19.3 Å². The molecule has 7 heteroatoms. The van der Waals surface area contributed by atoms with E-state index < -0.39 is 30.0 Å². The van der Waals surface area contributed by atoms with Crippen LogP contribution in [0.2, 0.25) is 5.02 Å². The molecular weight excluding hydrogens is 253 g/mol. The average molecular weight is 258 g/mol. The summed E-state index contributed by atoms with van der Waals surface area (Å²) in [6, 6.07) is 2.12. The quantitative estimate of drug-likeness (QED) is 0.805. The molecule has 1 heterocycles. The van der Waals surface area contributed by atoms with E-state index in [4.69, 9.17) is 16.7 Å². The number of Topliss-reactive ketones (excluding diaryl/α,β-unsaturated/α-hetero) is 1. The predicted octanol–water partition coefficient (Wildman–Crippen LogP) is 1.09. The van der Waals surface area contributed by atoms with E-state index in [1.807, 2.05) is 0 Å². The van der Waals surface area contributed by atoms with E-state index in [-0.39, 0.29) is 16.3 Å². The highest BCUT2D eigenvalue weighted by Crippen LogP contribution is 2.36. The van der Waals surface area contributed by atoms with Crippen LogP contribution in [-0.2, 0) is 9.59 Å². The van der Waals surface area contributed by atoms with Gasteiger partial charge >= 0.3 is 5.97 Å². The first-order valence-corrected chi connectivity index (χ1v) is 4.87. The number of aliphatic carboxylic acids is 1. The molecule has 1 aliphatic rings. The Morgan fingerprint density at radius 3 is 2.65 bits per heavy atom. The maximum absolute atomic E-state index is 13.5. The van der Waals surface area contributed by atoms with Crippen LogP contribution in [-0.4, -0.2) is 29.3 Å². The zero-order valence-electron chi connectivity index (χ0n) is 8.24. The van der Waals surface area contributed by atoms with Crippen LogP contribution in [0.15, 0.2) is 12.1 Å². The Labute approximate surface area is 99.4 Å². The second-order valence-electron chi connectivity index (χ2n) is 3.37. The third-order valence-electron chi connectivity index (χ3n) is 2.31. The molecule has 0 unspecified atom stereocenters. The van der Waals surface area contributed by atoms with Gasteiger partial charge < -0.3 is 5.11 Å². The van der Waals surface area contributed by atoms with Crippen LogP contribution in [0.25, 0.3) is 0 Å². The van der Waals surface area contributed by atoms with Gasteiger partial charge in [-0.05, 0) is 12.1 Å². The summed E-state index contributed by atoms with van der Waals surface area (Å²) < 4.78 is 13.5. The zero-order chi connectivity index (χ0) is 12.7. The zero-order valence-corrected chi connectivity index (χ0v) is 8.99. The second-order valence-corrected chi connectivity index (χ2v) is 3.77. The molecular formula is C10H5ClFNO4. The van der Waals surface area contributed by atoms with Crippen molar-refractivity contribution in [1.82, 2.24) is 0 Å². The number of carboxylic acids is 1. The van der Waals surface area contributed by atoms with Crippen LogP contribution in [0.3, 0.4) is 0 Å². The lowest BCUT2D eigenvalue weighted by atomic mass is 10.1. The molecule has 0 atom stereocenters. The van der Waals surface area contributed by atoms with Crippen LogP contribution in [0.4, 0.5) is 10.1 Å². The topological polar surface area (TPSA) is 74.7 Å². The molecule has 1 aromatic carbocycles. The third-order valence-corrected chi connectivity index (χ3v) is 2.62. The molecule has 1 amide bonds. The number of fused-ring (bicyclic) bond motifs is 1. The maximum atomic E-state index is 13.5. The fraction of sp³-hybridized carbons (Fsp3) is 0.100. The van der Waals surface area contributed by atoms with Gasteiger partial charge in [0, 0.05) is 0 Å². The Balaban J connectivity index is 2.63. The molecule has 0 bridgehead atoms. The summed E-state index contributed by atoms with van der Waals surface area (Å²) in [6.07, 6.45) is 0. The van der Waals surface area contributed by atoms with E-state index in [9.17, 15) is 18.8 Å². The highest BCUT2D eigenvalue weighted by molar-refractivity contribution is 6.55. The average Bonchev–Trinajstić information content (AvgIpc) is 2.49. The predicted molar refractivity (Wildman–Crippen MR) is 55.7 cm³/mol. The SMILES string of the molecule is O=C(O)CN1C(=O)C(=O)c2c(Cl)ccc(F)c21. The van der Waals surface area contributed by atoms with Crippen molar-refractivity contribution in [1.29, 1.82) is 0 Å². The van der Waals surface area contributed by atoms with Crippen molar-refractivity contribution in [2.24, 2.45) is 0 Å². The Bertz CT molecular complexity index is 557. The molecule has 1 aliphatic heterocycles. The summed E-state index contributed by atoms with van der Waals surface area (Å²) in [7, 11) is 0. The molecule has 1 aromatic rings. The van der Waals surface area contributed by atoms with Gasteiger partial charge in [0.1, 0.15) is 12.4 Å². The van der Waals surface area contributed by atoms with Gasteiger partial charge in [-0.25, -0.2) is 4.39 Å². The number of benzene rings is 1. The standard InChI is InChI=1S/C10H5ClFNO4/c11-4-1-2-5(12)8-7(4)9(16)10(17)13(8)3-6(14)15/h1-2H,3H2,(H,14,15). The summed E-state index contributed by atoms with van der Waals surface area (Å²) in [6.45, 7) is -0.783. The number of carboxylic acid groups (broad SMARTS) is 1. The van der Waals surface area contributed by atoms with E-state index in [1.165, 1.54) is 0 Å². The minimum atomic E-state index is -1.35. The molecule has 0 fully saturated rings. The molecule has 88 valence electrons. The van der Waals surface area contributed by atoms with E-state index >= 15 is 0 Å². The molecule has 0 saturated heterocycles. The molecule has 0 saturated carbocycles. The molecule has 0 aromatic heterocycles. The number of hydrogen-bond acceptors (Lipinski definition) is 3. The number of ketones is 1. The molecule has 17 heavy (non-hydrogen) atoms. The van der Waals surface area contributed by atoms with Crippen molar-refractivity contribution < 1.29 is 23.9 Å². The summed E-state index contributed by atoms with van der Waals surface area (Å²) in [5.41, 5.74) is -0.646. The van der Waals surface area contributed by atoms with Crippen LogP contribution in [0.1, 0.15) is 10.4 Å². The van der Waals surface area contributed by atoms with Gasteiger partial charge in [-0.1, -0.05) is 11.6 Å². The summed E-state index contributed by atoms with van der Waals surface area (Å²) in [4.78, 5) is 34.1. The minimum absolute atomic E-state index is 0.0763. The van der Waals surface area contributed by atoms with Crippen LogP contribution >= 0.6 is 11.6 Å². The first-order valence-electron chi connectivity index (χ1n) is 4.49. The first-order chi connectivity index (χ1) is 7.93. The lowest BCUT2D eigenvalue weighted by molar-refractivity contribution is -0.136. The number of hydrogen-bond donors (Lipinski definition) is 1. The number of rotatable bonds is 2. The van der Waals surface area contributed by atoms with Gasteiger partial charge in [-0.15, -0.1) is 0 Å². The number of carbonyl (C=O) groups is 3. The molecule has 2 rings (SSSR count). The summed E-state index contributed by atoms with van der Waals surface area (Å²) in [5, 5.41) is 8.53. The molecule has 5 nitrogen and oxygen atoms in total. The van der Waals surface area contributed by atoms with Crippen molar-refractivity contribution in [3.8, 4) is 0 Å². The normalized spacial score (nSPS) is 14.1. The fourth-order valence-corrected chi connectivity index (χ4v) is 1.88. The molecule has 0 spiro atoms. The number of carbonyl (C=O) groups excluding carboxylic acids is 2. The molecule has 1 N–H and O–H groups in total. The fourth-order valence-electron chi connectivity index (χ4n) is 1.64. The molecule has 0 radical (unpaired) electrons. The second kappa shape index (κ2) is 3.81. The first kappa shape index (κ1) is 11.5. The van der Waals surface area contributed by atoms with E-state index in [0.717, 1.165) is 12.1 Å². The summed E-state index contributed by atoms with van der Waals surface area (Å²) in [5.74, 6) is -4.29. The lowest BCUT2D eigenvalue weighted by Gasteiger charge is -2.14. The Kier molecular flexibility index (Phi) is 2.59. The Hall–Kier alpha value is -1.95. The van der Waals surface area contributed by atoms with Gasteiger partial charge in [0.15, 0.2) is 0 Å². The number of anilines is 1. The van der Waals surface area contributed by atoms with Crippen molar-refractivity contribution in [2.75, 3.05) is 11.4 Å². The van der Waals surface area contributed by atoms with Crippen LogP contribution in [0, 0.1) is 5.82 Å². The van der Waals surface area contributed by atoms with Crippen LogP contribution < -0.4 is 4.90 Å². The third kappa shape index (κ3) is 1.66. The lowest BCUT2D eigenvalue weighted by Crippen LogP contribution is -2.34. The highest BCUT2D eigenvalue weighted by Gasteiger charge is 2.40. The van der Waals surface area contributed by atoms with Crippen molar-refractivity contribution in [3.63, 3.8) is 0 Å². The Morgan fingerprint density at radius 2 is 2.06 bits per heavy atom. The van der Waals surface area contributed by atoms with Gasteiger partial charge in [0.25, 0.3) is 11.7 Å². The van der Waals surface area contributed by atoms with Crippen molar-refractivity contribution in [2.45, 2.75) is 0 Å². The Morgan fingerprint density at radius 1 is 1.41 bits per heavy atom. The smallest absolute Gasteiger partial charge is 0.323 e. The van der Waals surface area contributed by atoms with Gasteiger partial charge in [0.2, 0.25) is 0 Å². The molecule has 0 aliphatic carbocycles. The summed E-state index contributed by atoms with van der Waals surface area (Å²) >= 11 is 5.69. The van der Waals surface area contributed by atoms with Crippen molar-refractivity contribution >= 4 is 34.9 Å². The van der Waals surface area contributed by atoms with Crippen LogP contribution in [0.5, 0.6) is 0 Å². The number of halogens is 2. The van der Waals surface area contributed by atoms with E-state index in [2.05, 4.69) is 0 Å². The number of nitrogens with zero attached hydrogens (tertiary/aromatic N) is 1. The van der Waals surface area contributed by atoms with Gasteiger partial charge in [-0.2, -0.15) is 0 Å². The number of amides is 1.